The van der Waals surface area contributed by atoms with Crippen LogP contribution in [0.25, 0.3) is 0 Å². The average molecular weight is 261 g/mol. The molecule has 0 radical (unpaired) electrons. The predicted molar refractivity (Wildman–Crippen MR) is 77.0 cm³/mol. The van der Waals surface area contributed by atoms with Crippen LogP contribution < -0.4 is 5.32 Å². The van der Waals surface area contributed by atoms with Crippen molar-refractivity contribution < 1.29 is 4.42 Å². The normalized spacial score (nSPS) is 12.6. The molecule has 18 heavy (non-hydrogen) atoms. The van der Waals surface area contributed by atoms with Crippen molar-refractivity contribution in [2.24, 2.45) is 0 Å². The van der Waals surface area contributed by atoms with Crippen molar-refractivity contribution in [3.05, 3.63) is 54.0 Å². The first-order valence-corrected chi connectivity index (χ1v) is 7.24. The summed E-state index contributed by atoms with van der Waals surface area (Å²) in [5.74, 6) is 1.99. The fraction of sp³-hybridized carbons (Fsp3) is 0.333. The molecule has 0 saturated carbocycles. The van der Waals surface area contributed by atoms with Crippen molar-refractivity contribution in [2.45, 2.75) is 24.8 Å². The van der Waals surface area contributed by atoms with E-state index in [4.69, 9.17) is 4.42 Å². The highest BCUT2D eigenvalue weighted by molar-refractivity contribution is 7.99. The molecule has 0 spiro atoms. The Balaban J connectivity index is 1.98. The van der Waals surface area contributed by atoms with Crippen molar-refractivity contribution in [1.82, 2.24) is 5.32 Å². The molecule has 3 heteroatoms. The first kappa shape index (κ1) is 13.2. The summed E-state index contributed by atoms with van der Waals surface area (Å²) in [6.07, 6.45) is 1.73. The zero-order valence-corrected chi connectivity index (χ0v) is 11.7. The largest absolute Gasteiger partial charge is 0.468 e. The Bertz CT molecular complexity index is 467. The van der Waals surface area contributed by atoms with E-state index in [1.54, 1.807) is 6.26 Å². The van der Waals surface area contributed by atoms with Gasteiger partial charge in [0.05, 0.1) is 12.3 Å². The molecular formula is C15H19NOS. The number of hydrogen-bond donors (Lipinski definition) is 1. The summed E-state index contributed by atoms with van der Waals surface area (Å²) in [4.78, 5) is 1.31. The summed E-state index contributed by atoms with van der Waals surface area (Å²) < 4.78 is 5.48. The molecule has 2 aromatic rings. The Morgan fingerprint density at radius 2 is 2.17 bits per heavy atom. The van der Waals surface area contributed by atoms with E-state index in [-0.39, 0.29) is 6.04 Å². The molecule has 2 nitrogen and oxygen atoms in total. The molecule has 0 fully saturated rings. The van der Waals surface area contributed by atoms with Crippen molar-refractivity contribution in [3.8, 4) is 0 Å². The highest BCUT2D eigenvalue weighted by atomic mass is 32.2. The standard InChI is InChI=1S/C15H19NOS/c1-3-16-14(15-8-5-9-17-15)11-18-13-7-4-6-12(2)10-13/h4-10,14,16H,3,11H2,1-2H3. The number of rotatable bonds is 6. The monoisotopic (exact) mass is 261 g/mol. The topological polar surface area (TPSA) is 25.2 Å². The van der Waals surface area contributed by atoms with Crippen molar-refractivity contribution in [3.63, 3.8) is 0 Å². The Morgan fingerprint density at radius 3 is 2.83 bits per heavy atom. The van der Waals surface area contributed by atoms with Crippen LogP contribution in [0.5, 0.6) is 0 Å². The Kier molecular flexibility index (Phi) is 4.90. The van der Waals surface area contributed by atoms with Gasteiger partial charge in [-0.3, -0.25) is 0 Å². The van der Waals surface area contributed by atoms with Crippen LogP contribution >= 0.6 is 11.8 Å². The third kappa shape index (κ3) is 3.65. The number of aryl methyl sites for hydroxylation is 1. The third-order valence-corrected chi connectivity index (χ3v) is 3.83. The molecule has 1 N–H and O–H groups in total. The minimum atomic E-state index is 0.274. The van der Waals surface area contributed by atoms with Crippen LogP contribution in [0.15, 0.2) is 52.0 Å². The molecule has 96 valence electrons. The number of benzene rings is 1. The molecule has 1 aromatic carbocycles. The maximum atomic E-state index is 5.48. The van der Waals surface area contributed by atoms with Crippen LogP contribution in [-0.2, 0) is 0 Å². The van der Waals surface area contributed by atoms with Crippen molar-refractivity contribution >= 4 is 11.8 Å². The van der Waals surface area contributed by atoms with E-state index >= 15 is 0 Å². The average Bonchev–Trinajstić information content (AvgIpc) is 2.88. The lowest BCUT2D eigenvalue weighted by atomic mass is 10.2. The van der Waals surface area contributed by atoms with Gasteiger partial charge in [0.2, 0.25) is 0 Å². The minimum Gasteiger partial charge on any atom is -0.468 e. The zero-order chi connectivity index (χ0) is 12.8. The van der Waals surface area contributed by atoms with Gasteiger partial charge in [-0.1, -0.05) is 24.6 Å². The second-order valence-electron chi connectivity index (χ2n) is 4.25. The molecule has 0 amide bonds. The van der Waals surface area contributed by atoms with Gasteiger partial charge in [0.25, 0.3) is 0 Å². The maximum absolute atomic E-state index is 5.48. The summed E-state index contributed by atoms with van der Waals surface area (Å²) in [7, 11) is 0. The predicted octanol–water partition coefficient (Wildman–Crippen LogP) is 4.03. The third-order valence-electron chi connectivity index (χ3n) is 2.74. The summed E-state index contributed by atoms with van der Waals surface area (Å²) >= 11 is 1.86. The lowest BCUT2D eigenvalue weighted by Crippen LogP contribution is -2.22. The first-order chi connectivity index (χ1) is 8.79. The van der Waals surface area contributed by atoms with Crippen LogP contribution in [-0.4, -0.2) is 12.3 Å². The summed E-state index contributed by atoms with van der Waals surface area (Å²) in [6.45, 7) is 5.19. The molecule has 0 bridgehead atoms. The zero-order valence-electron chi connectivity index (χ0n) is 10.8. The van der Waals surface area contributed by atoms with Crippen LogP contribution in [0.4, 0.5) is 0 Å². The van der Waals surface area contributed by atoms with Gasteiger partial charge in [0.1, 0.15) is 5.76 Å². The van der Waals surface area contributed by atoms with Crippen LogP contribution in [0.1, 0.15) is 24.3 Å². The van der Waals surface area contributed by atoms with Crippen molar-refractivity contribution in [1.29, 1.82) is 0 Å². The molecule has 0 aliphatic rings. The lowest BCUT2D eigenvalue weighted by Gasteiger charge is -2.15. The van der Waals surface area contributed by atoms with E-state index in [0.29, 0.717) is 0 Å². The van der Waals surface area contributed by atoms with Crippen LogP contribution in [0, 0.1) is 6.92 Å². The highest BCUT2D eigenvalue weighted by Crippen LogP contribution is 2.25. The van der Waals surface area contributed by atoms with E-state index < -0.39 is 0 Å². The molecule has 2 rings (SSSR count). The second kappa shape index (κ2) is 6.66. The molecule has 1 heterocycles. The SMILES string of the molecule is CCNC(CSc1cccc(C)c1)c1ccco1. The number of nitrogens with one attached hydrogen (secondary N) is 1. The van der Waals surface area contributed by atoms with E-state index in [1.165, 1.54) is 10.5 Å². The fourth-order valence-corrected chi connectivity index (χ4v) is 2.95. The summed E-state index contributed by atoms with van der Waals surface area (Å²) in [5.41, 5.74) is 1.30. The van der Waals surface area contributed by atoms with E-state index in [0.717, 1.165) is 18.1 Å². The van der Waals surface area contributed by atoms with Gasteiger partial charge in [-0.25, -0.2) is 0 Å². The van der Waals surface area contributed by atoms with Gasteiger partial charge in [-0.15, -0.1) is 11.8 Å². The minimum absolute atomic E-state index is 0.274. The molecule has 0 aliphatic carbocycles. The van der Waals surface area contributed by atoms with Gasteiger partial charge < -0.3 is 9.73 Å². The Morgan fingerprint density at radius 1 is 1.28 bits per heavy atom. The first-order valence-electron chi connectivity index (χ1n) is 6.26. The summed E-state index contributed by atoms with van der Waals surface area (Å²) in [6, 6.07) is 12.8. The fourth-order valence-electron chi connectivity index (χ4n) is 1.86. The Hall–Kier alpha value is -1.19. The van der Waals surface area contributed by atoms with Gasteiger partial charge >= 0.3 is 0 Å². The van der Waals surface area contributed by atoms with E-state index in [9.17, 15) is 0 Å². The molecule has 1 aromatic heterocycles. The van der Waals surface area contributed by atoms with Crippen molar-refractivity contribution in [2.75, 3.05) is 12.3 Å². The molecule has 1 atom stereocenters. The van der Waals surface area contributed by atoms with Crippen LogP contribution in [0.3, 0.4) is 0 Å². The maximum Gasteiger partial charge on any atom is 0.121 e. The van der Waals surface area contributed by atoms with Gasteiger partial charge in [-0.2, -0.15) is 0 Å². The number of hydrogen-bond acceptors (Lipinski definition) is 3. The van der Waals surface area contributed by atoms with E-state index in [2.05, 4.69) is 43.4 Å². The molecule has 0 saturated heterocycles. The quantitative estimate of drug-likeness (QED) is 0.795. The lowest BCUT2D eigenvalue weighted by molar-refractivity contribution is 0.441. The number of thioether (sulfide) groups is 1. The summed E-state index contributed by atoms with van der Waals surface area (Å²) in [5, 5.41) is 3.46. The molecular weight excluding hydrogens is 242 g/mol. The van der Waals surface area contributed by atoms with Crippen LogP contribution in [0.2, 0.25) is 0 Å². The highest BCUT2D eigenvalue weighted by Gasteiger charge is 2.13. The van der Waals surface area contributed by atoms with Gasteiger partial charge in [0, 0.05) is 10.6 Å². The second-order valence-corrected chi connectivity index (χ2v) is 5.35. The number of furan rings is 1. The molecule has 1 unspecified atom stereocenters. The Labute approximate surface area is 113 Å². The van der Waals surface area contributed by atoms with Gasteiger partial charge in [0.15, 0.2) is 0 Å². The van der Waals surface area contributed by atoms with Gasteiger partial charge in [-0.05, 0) is 37.7 Å². The molecule has 0 aliphatic heterocycles. The smallest absolute Gasteiger partial charge is 0.121 e. The van der Waals surface area contributed by atoms with E-state index in [1.807, 2.05) is 23.9 Å².